The molecule has 1 amide bonds. The number of pyridine rings is 1. The number of hydrogen-bond acceptors (Lipinski definition) is 4. The Bertz CT molecular complexity index is 1020. The molecule has 1 unspecified atom stereocenters. The average molecular weight is 390 g/mol. The van der Waals surface area contributed by atoms with Gasteiger partial charge in [-0.3, -0.25) is 4.79 Å². The topological polar surface area (TPSA) is 50.1 Å². The van der Waals surface area contributed by atoms with Gasteiger partial charge in [-0.1, -0.05) is 6.07 Å². The molecule has 0 spiro atoms. The Morgan fingerprint density at radius 1 is 1.07 bits per heavy atom. The highest BCUT2D eigenvalue weighted by Gasteiger charge is 2.32. The van der Waals surface area contributed by atoms with E-state index in [1.54, 1.807) is 7.11 Å². The Labute approximate surface area is 170 Å². The molecule has 2 aliphatic rings. The lowest BCUT2D eigenvalue weighted by molar-refractivity contribution is -0.136. The van der Waals surface area contributed by atoms with Crippen LogP contribution in [0.1, 0.15) is 17.8 Å². The summed E-state index contributed by atoms with van der Waals surface area (Å²) in [5, 5.41) is 0. The first-order valence-corrected chi connectivity index (χ1v) is 10.4. The largest absolute Gasteiger partial charge is 0.497 e. The second-order valence-electron chi connectivity index (χ2n) is 7.88. The number of hydrogen-bond donors (Lipinski definition) is 0. The van der Waals surface area contributed by atoms with Crippen molar-refractivity contribution < 1.29 is 9.53 Å². The molecule has 3 aromatic rings. The summed E-state index contributed by atoms with van der Waals surface area (Å²) in [5.41, 5.74) is 4.54. The molecule has 1 aromatic carbocycles. The van der Waals surface area contributed by atoms with E-state index in [0.29, 0.717) is 5.91 Å². The van der Waals surface area contributed by atoms with Gasteiger partial charge in [0.25, 0.3) is 0 Å². The summed E-state index contributed by atoms with van der Waals surface area (Å²) in [6.45, 7) is 3.29. The minimum Gasteiger partial charge on any atom is -0.497 e. The molecule has 29 heavy (non-hydrogen) atoms. The molecular formula is C23H26N4O2. The minimum atomic E-state index is 0.0649. The standard InChI is InChI=1S/C23H26N4O2/c1-29-19-8-6-18(7-9-19)25-12-14-26(15-13-25)23(28)17-5-10-20-21(16-17)27-11-3-2-4-22(27)24-20/h2-4,6-9,11,17H,5,10,12-16H2,1H3. The van der Waals surface area contributed by atoms with Crippen LogP contribution in [0.4, 0.5) is 5.69 Å². The van der Waals surface area contributed by atoms with Gasteiger partial charge in [-0.05, 0) is 49.2 Å². The van der Waals surface area contributed by atoms with Gasteiger partial charge >= 0.3 is 0 Å². The highest BCUT2D eigenvalue weighted by atomic mass is 16.5. The van der Waals surface area contributed by atoms with Crippen LogP contribution in [0.5, 0.6) is 5.75 Å². The summed E-state index contributed by atoms with van der Waals surface area (Å²) in [5.74, 6) is 1.23. The van der Waals surface area contributed by atoms with E-state index < -0.39 is 0 Å². The van der Waals surface area contributed by atoms with Gasteiger partial charge < -0.3 is 18.9 Å². The summed E-state index contributed by atoms with van der Waals surface area (Å²) >= 11 is 0. The lowest BCUT2D eigenvalue weighted by Gasteiger charge is -2.38. The fourth-order valence-corrected chi connectivity index (χ4v) is 4.61. The zero-order chi connectivity index (χ0) is 19.8. The first kappa shape index (κ1) is 18.0. The molecule has 6 nitrogen and oxygen atoms in total. The van der Waals surface area contributed by atoms with Crippen LogP contribution in [0, 0.1) is 5.92 Å². The maximum Gasteiger partial charge on any atom is 0.226 e. The Kier molecular flexibility index (Phi) is 4.62. The van der Waals surface area contributed by atoms with Crippen molar-refractivity contribution in [3.8, 4) is 5.75 Å². The van der Waals surface area contributed by atoms with E-state index in [2.05, 4.69) is 32.5 Å². The van der Waals surface area contributed by atoms with Crippen molar-refractivity contribution in [3.05, 3.63) is 60.0 Å². The molecule has 150 valence electrons. The number of ether oxygens (including phenoxy) is 1. The highest BCUT2D eigenvalue weighted by Crippen LogP contribution is 2.28. The van der Waals surface area contributed by atoms with Gasteiger partial charge in [0.1, 0.15) is 11.4 Å². The number of carbonyl (C=O) groups excluding carboxylic acids is 1. The summed E-state index contributed by atoms with van der Waals surface area (Å²) in [6, 6.07) is 14.2. The van der Waals surface area contributed by atoms with Crippen molar-refractivity contribution in [2.45, 2.75) is 19.3 Å². The van der Waals surface area contributed by atoms with Gasteiger partial charge in [0.15, 0.2) is 0 Å². The Balaban J connectivity index is 1.24. The van der Waals surface area contributed by atoms with Crippen molar-refractivity contribution in [3.63, 3.8) is 0 Å². The number of nitrogens with zero attached hydrogens (tertiary/aromatic N) is 4. The summed E-state index contributed by atoms with van der Waals surface area (Å²) in [7, 11) is 1.68. The molecule has 0 radical (unpaired) electrons. The second-order valence-corrected chi connectivity index (χ2v) is 7.88. The van der Waals surface area contributed by atoms with E-state index in [0.717, 1.165) is 62.5 Å². The highest BCUT2D eigenvalue weighted by molar-refractivity contribution is 5.80. The number of benzene rings is 1. The number of fused-ring (bicyclic) bond motifs is 3. The van der Waals surface area contributed by atoms with E-state index in [9.17, 15) is 4.79 Å². The van der Waals surface area contributed by atoms with Crippen LogP contribution in [0.25, 0.3) is 5.65 Å². The van der Waals surface area contributed by atoms with Crippen LogP contribution >= 0.6 is 0 Å². The summed E-state index contributed by atoms with van der Waals surface area (Å²) < 4.78 is 7.39. The van der Waals surface area contributed by atoms with Gasteiger partial charge in [0.2, 0.25) is 5.91 Å². The Morgan fingerprint density at radius 2 is 1.86 bits per heavy atom. The fraction of sp³-hybridized carbons (Fsp3) is 0.391. The molecular weight excluding hydrogens is 364 g/mol. The predicted octanol–water partition coefficient (Wildman–Crippen LogP) is 2.80. The lowest BCUT2D eigenvalue weighted by Crippen LogP contribution is -2.51. The average Bonchev–Trinajstić information content (AvgIpc) is 3.17. The molecule has 1 fully saturated rings. The van der Waals surface area contributed by atoms with Gasteiger partial charge in [0.05, 0.1) is 12.8 Å². The molecule has 0 bridgehead atoms. The maximum atomic E-state index is 13.2. The Morgan fingerprint density at radius 3 is 2.62 bits per heavy atom. The van der Waals surface area contributed by atoms with E-state index in [1.165, 1.54) is 11.4 Å². The number of aromatic nitrogens is 2. The maximum absolute atomic E-state index is 13.2. The van der Waals surface area contributed by atoms with E-state index in [-0.39, 0.29) is 5.92 Å². The molecule has 1 aliphatic carbocycles. The second kappa shape index (κ2) is 7.43. The van der Waals surface area contributed by atoms with Crippen LogP contribution in [-0.4, -0.2) is 53.5 Å². The molecule has 3 heterocycles. The van der Waals surface area contributed by atoms with E-state index in [1.807, 2.05) is 30.3 Å². The third-order valence-corrected chi connectivity index (χ3v) is 6.26. The Hall–Kier alpha value is -3.02. The smallest absolute Gasteiger partial charge is 0.226 e. The number of aryl methyl sites for hydroxylation is 1. The van der Waals surface area contributed by atoms with Crippen molar-refractivity contribution in [1.82, 2.24) is 14.3 Å². The predicted molar refractivity (Wildman–Crippen MR) is 112 cm³/mol. The first-order valence-electron chi connectivity index (χ1n) is 10.4. The zero-order valence-electron chi connectivity index (χ0n) is 16.8. The quantitative estimate of drug-likeness (QED) is 0.690. The normalized spacial score (nSPS) is 19.3. The number of anilines is 1. The monoisotopic (exact) mass is 390 g/mol. The van der Waals surface area contributed by atoms with Crippen LogP contribution in [0.2, 0.25) is 0 Å². The van der Waals surface area contributed by atoms with Crippen LogP contribution in [0.3, 0.4) is 0 Å². The molecule has 1 saturated heterocycles. The first-order chi connectivity index (χ1) is 14.2. The van der Waals surface area contributed by atoms with Crippen molar-refractivity contribution in [1.29, 1.82) is 0 Å². The van der Waals surface area contributed by atoms with Gasteiger partial charge in [-0.2, -0.15) is 0 Å². The third-order valence-electron chi connectivity index (χ3n) is 6.26. The van der Waals surface area contributed by atoms with Crippen molar-refractivity contribution >= 4 is 17.2 Å². The molecule has 1 atom stereocenters. The molecule has 1 aliphatic heterocycles. The molecule has 0 N–H and O–H groups in total. The number of carbonyl (C=O) groups is 1. The van der Waals surface area contributed by atoms with Crippen molar-refractivity contribution in [2.75, 3.05) is 38.2 Å². The lowest BCUT2D eigenvalue weighted by atomic mass is 9.88. The number of piperazine rings is 1. The zero-order valence-corrected chi connectivity index (χ0v) is 16.8. The fourth-order valence-electron chi connectivity index (χ4n) is 4.61. The summed E-state index contributed by atoms with van der Waals surface area (Å²) in [6.07, 6.45) is 4.63. The van der Waals surface area contributed by atoms with Crippen LogP contribution in [-0.2, 0) is 17.6 Å². The van der Waals surface area contributed by atoms with Gasteiger partial charge in [-0.25, -0.2) is 4.98 Å². The number of rotatable bonds is 3. The van der Waals surface area contributed by atoms with E-state index >= 15 is 0 Å². The number of methoxy groups -OCH3 is 1. The van der Waals surface area contributed by atoms with Crippen molar-refractivity contribution in [2.24, 2.45) is 5.92 Å². The third kappa shape index (κ3) is 3.33. The SMILES string of the molecule is COc1ccc(N2CCN(C(=O)C3CCc4nc5ccccn5c4C3)CC2)cc1. The van der Waals surface area contributed by atoms with E-state index in [4.69, 9.17) is 9.72 Å². The molecule has 0 saturated carbocycles. The molecule has 6 heteroatoms. The van der Waals surface area contributed by atoms with Gasteiger partial charge in [0, 0.05) is 56.1 Å². The molecule has 5 rings (SSSR count). The van der Waals surface area contributed by atoms with Crippen LogP contribution in [0.15, 0.2) is 48.7 Å². The summed E-state index contributed by atoms with van der Waals surface area (Å²) in [4.78, 5) is 22.3. The molecule has 2 aromatic heterocycles. The van der Waals surface area contributed by atoms with Gasteiger partial charge in [-0.15, -0.1) is 0 Å². The number of imidazole rings is 1. The van der Waals surface area contributed by atoms with Crippen LogP contribution < -0.4 is 9.64 Å². The minimum absolute atomic E-state index is 0.0649. The number of amides is 1.